The molecule has 0 saturated heterocycles. The highest BCUT2D eigenvalue weighted by molar-refractivity contribution is 7.90. The SMILES string of the molecule is CN1CC=C(c2cn(S(=O)(=O)c3ccc(N)cc3)c3ccc(C(F)(F)F)cc23)CC1.CN1CC=C(c2cn(S(=O)(=O)c3ccc(N)cc3)c3ncccc23)CC1.CN1CC=C(c2cn(S(=O)(=O)c3ccccc3)c3ccc(-c4cccnc4)cc23)CC1. The van der Waals surface area contributed by atoms with E-state index in [0.717, 1.165) is 106 Å². The van der Waals surface area contributed by atoms with Crippen LogP contribution in [0.25, 0.3) is 60.7 Å². The van der Waals surface area contributed by atoms with Gasteiger partial charge in [-0.2, -0.15) is 13.2 Å². The molecular weight excluding hydrogens is 1170 g/mol. The van der Waals surface area contributed by atoms with Crippen LogP contribution in [0.15, 0.2) is 210 Å². The van der Waals surface area contributed by atoms with Crippen molar-refractivity contribution < 1.29 is 38.4 Å². The first-order valence-corrected chi connectivity index (χ1v) is 32.3. The number of halogens is 3. The molecular formula is C65H63F3N10O6S3. The van der Waals surface area contributed by atoms with Crippen molar-refractivity contribution in [1.29, 1.82) is 0 Å². The minimum Gasteiger partial charge on any atom is -0.399 e. The fourth-order valence-corrected chi connectivity index (χ4v) is 15.0. The summed E-state index contributed by atoms with van der Waals surface area (Å²) in [5, 5.41) is 2.05. The standard InChI is InChI=1S/C25H23N3O2S.C21H20F3N3O2S.C19H20N4O2S/c1-27-14-11-19(12-15-27)24-18-28(31(29,30)22-7-3-2-4-8-22)25-10-9-20(16-23(24)25)21-6-5-13-26-17-21;1-26-10-8-14(9-11-26)19-13-27(30(28,29)17-5-3-16(25)4-6-17)20-7-2-15(12-18(19)20)21(22,23)24;1-22-11-8-14(9-12-22)18-13-23(19-17(18)3-2-10-21-19)26(24,25)16-6-4-15(20)5-7-16/h2-11,13,16-18H,12,14-15H2,1H3;2-8,12-13H,9-11,25H2,1H3;2-8,10,13H,9,11-12,20H2,1H3. The lowest BCUT2D eigenvalue weighted by molar-refractivity contribution is -0.137. The van der Waals surface area contributed by atoms with E-state index in [2.05, 4.69) is 57.0 Å². The molecule has 5 aromatic heterocycles. The number of alkyl halides is 3. The lowest BCUT2D eigenvalue weighted by Crippen LogP contribution is -2.23. The summed E-state index contributed by atoms with van der Waals surface area (Å²) in [7, 11) is -5.36. The van der Waals surface area contributed by atoms with E-state index in [1.165, 1.54) is 62.2 Å². The largest absolute Gasteiger partial charge is 0.416 e. The van der Waals surface area contributed by atoms with Crippen molar-refractivity contribution >= 4 is 91.0 Å². The zero-order valence-corrected chi connectivity index (χ0v) is 50.3. The third-order valence-electron chi connectivity index (χ3n) is 15.8. The minimum atomic E-state index is -4.52. The number of likely N-dealkylation sites (N-methyl/N-ethyl adjacent to an activating group) is 3. The van der Waals surface area contributed by atoms with Crippen LogP contribution in [0.1, 0.15) is 41.5 Å². The van der Waals surface area contributed by atoms with Crippen molar-refractivity contribution in [3.63, 3.8) is 0 Å². The Morgan fingerprint density at radius 2 is 0.908 bits per heavy atom. The number of nitrogens with zero attached hydrogens (tertiary/aromatic N) is 8. The van der Waals surface area contributed by atoms with Gasteiger partial charge in [0.2, 0.25) is 0 Å². The molecule has 87 heavy (non-hydrogen) atoms. The Balaban J connectivity index is 0.000000136. The van der Waals surface area contributed by atoms with Crippen LogP contribution in [0.2, 0.25) is 0 Å². The predicted octanol–water partition coefficient (Wildman–Crippen LogP) is 11.4. The Morgan fingerprint density at radius 1 is 0.460 bits per heavy atom. The summed E-state index contributed by atoms with van der Waals surface area (Å²) in [6, 6.07) is 37.3. The molecule has 8 heterocycles. The number of benzene rings is 5. The fraction of sp³-hybridized carbons (Fsp3) is 0.200. The number of nitrogens with two attached hydrogens (primary N) is 2. The number of anilines is 2. The normalized spacial score (nSPS) is 15.7. The maximum atomic E-state index is 13.5. The van der Waals surface area contributed by atoms with Gasteiger partial charge in [0, 0.05) is 126 Å². The van der Waals surface area contributed by atoms with E-state index >= 15 is 0 Å². The summed E-state index contributed by atoms with van der Waals surface area (Å²) in [5.74, 6) is 0. The highest BCUT2D eigenvalue weighted by Gasteiger charge is 2.33. The zero-order valence-electron chi connectivity index (χ0n) is 47.9. The minimum absolute atomic E-state index is 0.0115. The van der Waals surface area contributed by atoms with Gasteiger partial charge < -0.3 is 26.2 Å². The summed E-state index contributed by atoms with van der Waals surface area (Å²) >= 11 is 0. The number of fused-ring (bicyclic) bond motifs is 3. The zero-order chi connectivity index (χ0) is 61.4. The van der Waals surface area contributed by atoms with Crippen molar-refractivity contribution in [2.45, 2.75) is 40.1 Å². The van der Waals surface area contributed by atoms with Crippen LogP contribution in [0.3, 0.4) is 0 Å². The van der Waals surface area contributed by atoms with Crippen LogP contribution < -0.4 is 11.5 Å². The van der Waals surface area contributed by atoms with Crippen molar-refractivity contribution in [3.05, 3.63) is 217 Å². The summed E-state index contributed by atoms with van der Waals surface area (Å²) < 4.78 is 124. The second kappa shape index (κ2) is 24.3. The molecule has 0 aliphatic carbocycles. The monoisotopic (exact) mass is 1230 g/mol. The molecule has 0 atom stereocenters. The van der Waals surface area contributed by atoms with E-state index < -0.39 is 41.8 Å². The molecule has 4 N–H and O–H groups in total. The van der Waals surface area contributed by atoms with Crippen molar-refractivity contribution in [2.75, 3.05) is 71.9 Å². The molecule has 0 unspecified atom stereocenters. The van der Waals surface area contributed by atoms with E-state index in [1.54, 1.807) is 61.2 Å². The number of aromatic nitrogens is 5. The molecule has 0 bridgehead atoms. The van der Waals surface area contributed by atoms with Gasteiger partial charge in [-0.3, -0.25) is 4.98 Å². The van der Waals surface area contributed by atoms with Gasteiger partial charge in [-0.05, 0) is 172 Å². The van der Waals surface area contributed by atoms with E-state index in [9.17, 15) is 38.4 Å². The summed E-state index contributed by atoms with van der Waals surface area (Å²) in [6.07, 6.45) is 14.3. The molecule has 0 spiro atoms. The van der Waals surface area contributed by atoms with Crippen LogP contribution in [0.5, 0.6) is 0 Å². The van der Waals surface area contributed by atoms with Gasteiger partial charge >= 0.3 is 6.18 Å². The van der Waals surface area contributed by atoms with E-state index in [1.807, 2.05) is 61.8 Å². The first kappa shape index (κ1) is 60.1. The van der Waals surface area contributed by atoms with Gasteiger partial charge in [-0.25, -0.2) is 42.2 Å². The first-order valence-electron chi connectivity index (χ1n) is 28.0. The third-order valence-corrected chi connectivity index (χ3v) is 20.9. The van der Waals surface area contributed by atoms with Gasteiger partial charge in [-0.15, -0.1) is 0 Å². The molecule has 22 heteroatoms. The van der Waals surface area contributed by atoms with Crippen LogP contribution in [0, 0.1) is 0 Å². The summed E-state index contributed by atoms with van der Waals surface area (Å²) in [6.45, 7) is 4.99. The molecule has 0 amide bonds. The molecule has 0 fully saturated rings. The Morgan fingerprint density at radius 3 is 1.38 bits per heavy atom. The van der Waals surface area contributed by atoms with Crippen molar-refractivity contribution in [2.24, 2.45) is 0 Å². The number of hydrogen-bond donors (Lipinski definition) is 2. The molecule has 13 rings (SSSR count). The van der Waals surface area contributed by atoms with Gasteiger partial charge in [-0.1, -0.05) is 48.6 Å². The number of pyridine rings is 2. The van der Waals surface area contributed by atoms with E-state index in [4.69, 9.17) is 11.5 Å². The maximum Gasteiger partial charge on any atom is 0.416 e. The van der Waals surface area contributed by atoms with E-state index in [-0.39, 0.29) is 25.6 Å². The number of nitrogen functional groups attached to an aromatic ring is 2. The lowest BCUT2D eigenvalue weighted by Gasteiger charge is -2.21. The Kier molecular flexibility index (Phi) is 16.7. The summed E-state index contributed by atoms with van der Waals surface area (Å²) in [4.78, 5) is 15.6. The van der Waals surface area contributed by atoms with Crippen molar-refractivity contribution in [3.8, 4) is 11.1 Å². The van der Waals surface area contributed by atoms with Crippen molar-refractivity contribution in [1.82, 2.24) is 36.6 Å². The summed E-state index contributed by atoms with van der Waals surface area (Å²) in [5.41, 5.74) is 20.4. The van der Waals surface area contributed by atoms with Gasteiger partial charge in [0.1, 0.15) is 0 Å². The molecule has 16 nitrogen and oxygen atoms in total. The molecule has 3 aliphatic rings. The Hall–Kier alpha value is -8.64. The smallest absolute Gasteiger partial charge is 0.399 e. The Bertz CT molecular complexity index is 4660. The molecule has 448 valence electrons. The number of rotatable bonds is 10. The van der Waals surface area contributed by atoms with Crippen LogP contribution in [-0.4, -0.2) is 122 Å². The van der Waals surface area contributed by atoms with Gasteiger partial charge in [0.15, 0.2) is 5.65 Å². The molecule has 0 saturated carbocycles. The maximum absolute atomic E-state index is 13.5. The average Bonchev–Trinajstić information content (AvgIpc) is 1.88. The van der Waals surface area contributed by atoms with Crippen LogP contribution in [-0.2, 0) is 36.2 Å². The molecule has 10 aromatic rings. The van der Waals surface area contributed by atoms with Gasteiger partial charge in [0.25, 0.3) is 30.1 Å². The molecule has 5 aromatic carbocycles. The quantitative estimate of drug-likeness (QED) is 0.122. The van der Waals surface area contributed by atoms with Gasteiger partial charge in [0.05, 0.1) is 31.3 Å². The highest BCUT2D eigenvalue weighted by Crippen LogP contribution is 2.40. The first-order chi connectivity index (χ1) is 41.6. The van der Waals surface area contributed by atoms with Crippen LogP contribution >= 0.6 is 0 Å². The second-order valence-corrected chi connectivity index (χ2v) is 27.2. The highest BCUT2D eigenvalue weighted by atomic mass is 32.2. The number of hydrogen-bond acceptors (Lipinski definition) is 13. The molecule has 0 radical (unpaired) electrons. The topological polar surface area (TPSA) is 205 Å². The third kappa shape index (κ3) is 12.4. The lowest BCUT2D eigenvalue weighted by atomic mass is 9.97. The van der Waals surface area contributed by atoms with E-state index in [0.29, 0.717) is 41.1 Å². The average molecular weight is 1230 g/mol. The predicted molar refractivity (Wildman–Crippen MR) is 338 cm³/mol. The molecule has 3 aliphatic heterocycles. The Labute approximate surface area is 503 Å². The second-order valence-electron chi connectivity index (χ2n) is 21.8. The van der Waals surface area contributed by atoms with Crippen LogP contribution in [0.4, 0.5) is 24.5 Å². The fourth-order valence-electron chi connectivity index (χ4n) is 10.9.